The number of aryl methyl sites for hydroxylation is 1. The second kappa shape index (κ2) is 5.31. The van der Waals surface area contributed by atoms with Crippen LogP contribution >= 0.6 is 11.6 Å². The molecule has 1 aromatic heterocycles. The number of rotatable bonds is 4. The van der Waals surface area contributed by atoms with E-state index in [0.29, 0.717) is 0 Å². The van der Waals surface area contributed by atoms with Crippen molar-refractivity contribution in [3.63, 3.8) is 0 Å². The Labute approximate surface area is 112 Å². The van der Waals surface area contributed by atoms with Gasteiger partial charge in [-0.05, 0) is 19.1 Å². The summed E-state index contributed by atoms with van der Waals surface area (Å²) in [5.74, 6) is 0. The van der Waals surface area contributed by atoms with Gasteiger partial charge in [0.2, 0.25) is 0 Å². The number of H-pyrrole nitrogens is 1. The molecule has 0 atom stereocenters. The molecule has 96 valence electrons. The number of benzene rings is 1. The highest BCUT2D eigenvalue weighted by Crippen LogP contribution is 2.32. The Bertz CT molecular complexity index is 534. The van der Waals surface area contributed by atoms with Crippen molar-refractivity contribution in [1.82, 2.24) is 10.2 Å². The number of nitrogens with zero attached hydrogens (tertiary/aromatic N) is 2. The van der Waals surface area contributed by atoms with Crippen LogP contribution in [0.1, 0.15) is 11.3 Å². The van der Waals surface area contributed by atoms with Crippen LogP contribution in [0.3, 0.4) is 0 Å². The summed E-state index contributed by atoms with van der Waals surface area (Å²) in [7, 11) is 3.96. The van der Waals surface area contributed by atoms with E-state index in [9.17, 15) is 0 Å². The first kappa shape index (κ1) is 12.8. The molecule has 0 aliphatic rings. The molecule has 5 heteroatoms. The van der Waals surface area contributed by atoms with Crippen molar-refractivity contribution < 1.29 is 0 Å². The molecule has 2 N–H and O–H groups in total. The lowest BCUT2D eigenvalue weighted by Crippen LogP contribution is -2.12. The maximum Gasteiger partial charge on any atom is 0.0786 e. The van der Waals surface area contributed by atoms with Crippen molar-refractivity contribution in [1.29, 1.82) is 0 Å². The second-order valence-electron chi connectivity index (χ2n) is 4.40. The van der Waals surface area contributed by atoms with Crippen molar-refractivity contribution >= 4 is 23.0 Å². The van der Waals surface area contributed by atoms with Gasteiger partial charge in [-0.25, -0.2) is 0 Å². The summed E-state index contributed by atoms with van der Waals surface area (Å²) in [6.07, 6.45) is 1.84. The molecule has 2 rings (SSSR count). The first-order valence-electron chi connectivity index (χ1n) is 5.78. The Kier molecular flexibility index (Phi) is 3.77. The fraction of sp³-hybridized carbons (Fsp3) is 0.308. The van der Waals surface area contributed by atoms with Crippen molar-refractivity contribution in [3.8, 4) is 0 Å². The summed E-state index contributed by atoms with van der Waals surface area (Å²) in [5.41, 5.74) is 4.25. The monoisotopic (exact) mass is 264 g/mol. The zero-order valence-electron chi connectivity index (χ0n) is 10.8. The van der Waals surface area contributed by atoms with E-state index in [1.54, 1.807) is 0 Å². The lowest BCUT2D eigenvalue weighted by molar-refractivity contribution is 1.04. The molecule has 0 amide bonds. The topological polar surface area (TPSA) is 44.0 Å². The van der Waals surface area contributed by atoms with E-state index in [4.69, 9.17) is 11.6 Å². The van der Waals surface area contributed by atoms with E-state index in [0.717, 1.165) is 34.2 Å². The summed E-state index contributed by atoms with van der Waals surface area (Å²) in [5, 5.41) is 11.1. The highest BCUT2D eigenvalue weighted by atomic mass is 35.5. The molecule has 0 saturated heterocycles. The predicted molar refractivity (Wildman–Crippen MR) is 76.4 cm³/mol. The minimum absolute atomic E-state index is 0.726. The molecule has 1 heterocycles. The highest BCUT2D eigenvalue weighted by Gasteiger charge is 2.09. The van der Waals surface area contributed by atoms with Gasteiger partial charge in [0, 0.05) is 31.9 Å². The number of aromatic nitrogens is 2. The van der Waals surface area contributed by atoms with E-state index in [1.165, 1.54) is 0 Å². The van der Waals surface area contributed by atoms with E-state index in [1.807, 2.05) is 50.3 Å². The number of aromatic amines is 1. The molecule has 2 aromatic rings. The third kappa shape index (κ3) is 2.59. The van der Waals surface area contributed by atoms with Gasteiger partial charge in [-0.15, -0.1) is 0 Å². The van der Waals surface area contributed by atoms with Crippen molar-refractivity contribution in [3.05, 3.63) is 40.7 Å². The normalized spacial score (nSPS) is 10.4. The molecule has 1 aromatic carbocycles. The van der Waals surface area contributed by atoms with Crippen LogP contribution in [-0.2, 0) is 6.54 Å². The van der Waals surface area contributed by atoms with Crippen LogP contribution in [0.2, 0.25) is 5.02 Å². The van der Waals surface area contributed by atoms with Gasteiger partial charge < -0.3 is 10.2 Å². The number of halogens is 1. The lowest BCUT2D eigenvalue weighted by Gasteiger charge is -2.19. The third-order valence-electron chi connectivity index (χ3n) is 2.84. The number of hydrogen-bond acceptors (Lipinski definition) is 3. The Morgan fingerprint density at radius 3 is 2.78 bits per heavy atom. The maximum absolute atomic E-state index is 6.22. The van der Waals surface area contributed by atoms with Gasteiger partial charge in [-0.2, -0.15) is 5.10 Å². The van der Waals surface area contributed by atoms with Crippen LogP contribution in [0, 0.1) is 6.92 Å². The fourth-order valence-corrected chi connectivity index (χ4v) is 2.20. The van der Waals surface area contributed by atoms with E-state index in [2.05, 4.69) is 15.5 Å². The maximum atomic E-state index is 6.22. The second-order valence-corrected chi connectivity index (χ2v) is 4.81. The van der Waals surface area contributed by atoms with Crippen LogP contribution in [0.5, 0.6) is 0 Å². The van der Waals surface area contributed by atoms with E-state index < -0.39 is 0 Å². The minimum Gasteiger partial charge on any atom is -0.379 e. The quantitative estimate of drug-likeness (QED) is 0.892. The highest BCUT2D eigenvalue weighted by molar-refractivity contribution is 6.34. The van der Waals surface area contributed by atoms with Gasteiger partial charge in [-0.3, -0.25) is 5.10 Å². The number of anilines is 2. The Balaban J connectivity index is 2.19. The van der Waals surface area contributed by atoms with Gasteiger partial charge >= 0.3 is 0 Å². The summed E-state index contributed by atoms with van der Waals surface area (Å²) in [6.45, 7) is 2.73. The summed E-state index contributed by atoms with van der Waals surface area (Å²) < 4.78 is 0. The van der Waals surface area contributed by atoms with Crippen molar-refractivity contribution in [2.45, 2.75) is 13.5 Å². The summed E-state index contributed by atoms with van der Waals surface area (Å²) >= 11 is 6.22. The lowest BCUT2D eigenvalue weighted by atomic mass is 10.2. The molecule has 0 aliphatic heterocycles. The molecule has 18 heavy (non-hydrogen) atoms. The largest absolute Gasteiger partial charge is 0.379 e. The Morgan fingerprint density at radius 1 is 1.39 bits per heavy atom. The summed E-state index contributed by atoms with van der Waals surface area (Å²) in [4.78, 5) is 2.01. The van der Waals surface area contributed by atoms with Crippen LogP contribution < -0.4 is 10.2 Å². The van der Waals surface area contributed by atoms with Crippen molar-refractivity contribution in [2.24, 2.45) is 0 Å². The van der Waals surface area contributed by atoms with Crippen LogP contribution in [-0.4, -0.2) is 24.3 Å². The summed E-state index contributed by atoms with van der Waals surface area (Å²) in [6, 6.07) is 5.86. The number of nitrogens with one attached hydrogen (secondary N) is 2. The average Bonchev–Trinajstić information content (AvgIpc) is 2.71. The van der Waals surface area contributed by atoms with Gasteiger partial charge in [0.1, 0.15) is 0 Å². The number of para-hydroxylation sites is 1. The Hall–Kier alpha value is -1.68. The first-order chi connectivity index (χ1) is 8.59. The molecule has 0 radical (unpaired) electrons. The zero-order valence-corrected chi connectivity index (χ0v) is 11.5. The predicted octanol–water partition coefficient (Wildman–Crippen LogP) is 3.05. The Morgan fingerprint density at radius 2 is 2.17 bits per heavy atom. The molecule has 0 unspecified atom stereocenters. The third-order valence-corrected chi connectivity index (χ3v) is 3.14. The zero-order chi connectivity index (χ0) is 13.1. The first-order valence-corrected chi connectivity index (χ1v) is 6.16. The molecule has 0 fully saturated rings. The van der Waals surface area contributed by atoms with Gasteiger partial charge in [-0.1, -0.05) is 17.7 Å². The molecule has 0 aliphatic carbocycles. The van der Waals surface area contributed by atoms with E-state index in [-0.39, 0.29) is 0 Å². The van der Waals surface area contributed by atoms with Crippen LogP contribution in [0.15, 0.2) is 24.4 Å². The van der Waals surface area contributed by atoms with Gasteiger partial charge in [0.15, 0.2) is 0 Å². The van der Waals surface area contributed by atoms with Crippen LogP contribution in [0.25, 0.3) is 0 Å². The van der Waals surface area contributed by atoms with Gasteiger partial charge in [0.25, 0.3) is 0 Å². The standard InChI is InChI=1S/C13H17ClN4/c1-9-10(8-16-17-9)7-15-12-6-4-5-11(14)13(12)18(2)3/h4-6,8,15H,7H2,1-3H3,(H,16,17). The van der Waals surface area contributed by atoms with Crippen molar-refractivity contribution in [2.75, 3.05) is 24.3 Å². The number of hydrogen-bond donors (Lipinski definition) is 2. The van der Waals surface area contributed by atoms with Gasteiger partial charge in [0.05, 0.1) is 22.6 Å². The molecular formula is C13H17ClN4. The molecule has 0 bridgehead atoms. The fourth-order valence-electron chi connectivity index (χ4n) is 1.86. The molecule has 4 nitrogen and oxygen atoms in total. The average molecular weight is 265 g/mol. The van der Waals surface area contributed by atoms with E-state index >= 15 is 0 Å². The SMILES string of the molecule is Cc1[nH]ncc1CNc1cccc(Cl)c1N(C)C. The minimum atomic E-state index is 0.726. The smallest absolute Gasteiger partial charge is 0.0786 e. The molecule has 0 saturated carbocycles. The molecular weight excluding hydrogens is 248 g/mol. The van der Waals surface area contributed by atoms with Crippen LogP contribution in [0.4, 0.5) is 11.4 Å². The molecule has 0 spiro atoms.